The van der Waals surface area contributed by atoms with E-state index in [0.717, 1.165) is 51.8 Å². The van der Waals surface area contributed by atoms with E-state index in [1.54, 1.807) is 0 Å². The molecule has 2 nitrogen and oxygen atoms in total. The first-order valence-corrected chi connectivity index (χ1v) is 25.8. The minimum Gasteiger partial charge on any atom is -0.456 e. The molecule has 14 rings (SSSR count). The van der Waals surface area contributed by atoms with Crippen LogP contribution in [0.25, 0.3) is 88.7 Å². The Morgan fingerprint density at radius 2 is 0.753 bits per heavy atom. The second kappa shape index (κ2) is 17.1. The van der Waals surface area contributed by atoms with Gasteiger partial charge in [-0.25, -0.2) is 0 Å². The number of fused-ring (bicyclic) bond motifs is 13. The fourth-order valence-electron chi connectivity index (χ4n) is 12.5. The standard InChI is InChI=1S/C71H51NO/c1-3-46-16-8-9-19-57(46)58-39-36-55(42-47(58)4-2)72(54-34-30-51(31-35-54)50-28-26-49(27-29-50)48-17-6-5-7-18-48)56-37-40-62-61-38-32-53(52-33-41-70-64(43-52)63-22-12-15-25-69(63)73-70)44-67(61)71(68(62)45-56)65-23-13-10-20-59(65)60-21-11-14-24-66(60)71/h5-45H,3-4H2,1-2H3. The second-order valence-electron chi connectivity index (χ2n) is 19.7. The van der Waals surface area contributed by atoms with Gasteiger partial charge >= 0.3 is 0 Å². The average molecular weight is 934 g/mol. The molecule has 1 spiro atoms. The molecule has 0 saturated carbocycles. The summed E-state index contributed by atoms with van der Waals surface area (Å²) in [5.41, 5.74) is 27.5. The molecule has 0 atom stereocenters. The Hall–Kier alpha value is -8.98. The highest BCUT2D eigenvalue weighted by Crippen LogP contribution is 2.64. The molecule has 0 radical (unpaired) electrons. The van der Waals surface area contributed by atoms with Crippen molar-refractivity contribution in [3.63, 3.8) is 0 Å². The van der Waals surface area contributed by atoms with Crippen molar-refractivity contribution in [2.45, 2.75) is 32.1 Å². The molecule has 0 N–H and O–H groups in total. The van der Waals surface area contributed by atoms with Crippen molar-refractivity contribution < 1.29 is 4.42 Å². The predicted octanol–water partition coefficient (Wildman–Crippen LogP) is 19.2. The van der Waals surface area contributed by atoms with E-state index in [1.165, 1.54) is 100 Å². The molecule has 1 aromatic heterocycles. The van der Waals surface area contributed by atoms with Crippen LogP contribution in [0, 0.1) is 0 Å². The Bertz CT molecular complexity index is 4060. The van der Waals surface area contributed by atoms with Gasteiger partial charge in [0.25, 0.3) is 0 Å². The van der Waals surface area contributed by atoms with Gasteiger partial charge in [0.1, 0.15) is 11.2 Å². The van der Waals surface area contributed by atoms with Gasteiger partial charge in [0, 0.05) is 27.8 Å². The largest absolute Gasteiger partial charge is 0.456 e. The molecule has 2 aliphatic rings. The fraction of sp³-hybridized carbons (Fsp3) is 0.0704. The van der Waals surface area contributed by atoms with E-state index in [1.807, 2.05) is 6.07 Å². The van der Waals surface area contributed by atoms with E-state index < -0.39 is 5.41 Å². The first kappa shape index (κ1) is 42.9. The van der Waals surface area contributed by atoms with E-state index in [2.05, 4.69) is 261 Å². The summed E-state index contributed by atoms with van der Waals surface area (Å²) in [6, 6.07) is 92.4. The zero-order valence-corrected chi connectivity index (χ0v) is 40.9. The van der Waals surface area contributed by atoms with Crippen molar-refractivity contribution in [1.29, 1.82) is 0 Å². The van der Waals surface area contributed by atoms with Gasteiger partial charge in [0.15, 0.2) is 0 Å². The lowest BCUT2D eigenvalue weighted by Gasteiger charge is -2.32. The maximum atomic E-state index is 6.30. The summed E-state index contributed by atoms with van der Waals surface area (Å²) in [6.45, 7) is 4.54. The van der Waals surface area contributed by atoms with Gasteiger partial charge in [0.2, 0.25) is 0 Å². The van der Waals surface area contributed by atoms with Gasteiger partial charge in [-0.3, -0.25) is 0 Å². The molecular formula is C71H51NO. The maximum absolute atomic E-state index is 6.30. The minimum atomic E-state index is -0.556. The van der Waals surface area contributed by atoms with Crippen LogP contribution in [0.3, 0.4) is 0 Å². The molecule has 346 valence electrons. The van der Waals surface area contributed by atoms with Gasteiger partial charge in [-0.1, -0.05) is 202 Å². The summed E-state index contributed by atoms with van der Waals surface area (Å²) in [5, 5.41) is 2.27. The Morgan fingerprint density at radius 3 is 1.45 bits per heavy atom. The number of aryl methyl sites for hydroxylation is 2. The molecule has 2 aliphatic carbocycles. The van der Waals surface area contributed by atoms with Crippen molar-refractivity contribution in [1.82, 2.24) is 0 Å². The highest BCUT2D eigenvalue weighted by atomic mass is 16.3. The molecule has 0 aliphatic heterocycles. The number of hydrogen-bond acceptors (Lipinski definition) is 2. The molecule has 0 unspecified atom stereocenters. The molecule has 73 heavy (non-hydrogen) atoms. The van der Waals surface area contributed by atoms with Gasteiger partial charge in [0.05, 0.1) is 5.41 Å². The molecule has 0 saturated heterocycles. The van der Waals surface area contributed by atoms with E-state index in [9.17, 15) is 0 Å². The van der Waals surface area contributed by atoms with E-state index in [0.29, 0.717) is 0 Å². The Labute approximate surface area is 427 Å². The Kier molecular flexibility index (Phi) is 10.0. The highest BCUT2D eigenvalue weighted by molar-refractivity contribution is 6.06. The minimum absolute atomic E-state index is 0.556. The number of rotatable bonds is 9. The lowest BCUT2D eigenvalue weighted by atomic mass is 9.70. The SMILES string of the molecule is CCc1ccccc1-c1ccc(N(c2ccc(-c3ccc(-c4ccccc4)cc3)cc2)c2ccc3c(c2)C2(c4ccccc4-c4ccccc42)c2cc(-c4ccc5oc6ccccc6c5c4)ccc2-3)cc1CC. The van der Waals surface area contributed by atoms with Gasteiger partial charge < -0.3 is 9.32 Å². The normalized spacial score (nSPS) is 12.7. The van der Waals surface area contributed by atoms with Crippen molar-refractivity contribution in [3.8, 4) is 66.8 Å². The monoisotopic (exact) mass is 933 g/mol. The summed E-state index contributed by atoms with van der Waals surface area (Å²) in [6.07, 6.45) is 1.90. The maximum Gasteiger partial charge on any atom is 0.135 e. The van der Waals surface area contributed by atoms with E-state index >= 15 is 0 Å². The number of para-hydroxylation sites is 1. The molecule has 0 amide bonds. The average Bonchev–Trinajstić information content (AvgIpc) is 4.09. The smallest absolute Gasteiger partial charge is 0.135 e. The third kappa shape index (κ3) is 6.71. The van der Waals surface area contributed by atoms with E-state index in [4.69, 9.17) is 4.42 Å². The summed E-state index contributed by atoms with van der Waals surface area (Å²) in [4.78, 5) is 2.48. The van der Waals surface area contributed by atoms with Crippen molar-refractivity contribution >= 4 is 39.0 Å². The first-order chi connectivity index (χ1) is 36.1. The van der Waals surface area contributed by atoms with Crippen LogP contribution in [-0.2, 0) is 18.3 Å². The van der Waals surface area contributed by atoms with Crippen molar-refractivity contribution in [2.75, 3.05) is 4.90 Å². The molecule has 0 fully saturated rings. The topological polar surface area (TPSA) is 16.4 Å². The van der Waals surface area contributed by atoms with Crippen LogP contribution >= 0.6 is 0 Å². The fourth-order valence-corrected chi connectivity index (χ4v) is 12.5. The van der Waals surface area contributed by atoms with Crippen LogP contribution in [0.4, 0.5) is 17.1 Å². The van der Waals surface area contributed by atoms with Gasteiger partial charge in [-0.2, -0.15) is 0 Å². The molecule has 0 bridgehead atoms. The van der Waals surface area contributed by atoms with Crippen molar-refractivity contribution in [2.24, 2.45) is 0 Å². The van der Waals surface area contributed by atoms with Crippen LogP contribution in [-0.4, -0.2) is 0 Å². The van der Waals surface area contributed by atoms with Crippen LogP contribution in [0.1, 0.15) is 47.2 Å². The zero-order valence-electron chi connectivity index (χ0n) is 40.9. The lowest BCUT2D eigenvalue weighted by Crippen LogP contribution is -2.26. The second-order valence-corrected chi connectivity index (χ2v) is 19.7. The van der Waals surface area contributed by atoms with E-state index in [-0.39, 0.29) is 0 Å². The number of hydrogen-bond donors (Lipinski definition) is 0. The lowest BCUT2D eigenvalue weighted by molar-refractivity contribution is 0.669. The summed E-state index contributed by atoms with van der Waals surface area (Å²) < 4.78 is 6.30. The zero-order chi connectivity index (χ0) is 48.6. The highest BCUT2D eigenvalue weighted by Gasteiger charge is 2.52. The molecule has 11 aromatic carbocycles. The number of nitrogens with zero attached hydrogens (tertiary/aromatic N) is 1. The van der Waals surface area contributed by atoms with Crippen molar-refractivity contribution in [3.05, 3.63) is 282 Å². The first-order valence-electron chi connectivity index (χ1n) is 25.8. The summed E-state index contributed by atoms with van der Waals surface area (Å²) in [7, 11) is 0. The molecule has 2 heteroatoms. The van der Waals surface area contributed by atoms with Crippen LogP contribution in [0.15, 0.2) is 253 Å². The number of anilines is 3. The number of furan rings is 1. The number of benzene rings is 11. The molecule has 12 aromatic rings. The Balaban J connectivity index is 0.952. The quantitative estimate of drug-likeness (QED) is 0.143. The van der Waals surface area contributed by atoms with Gasteiger partial charge in [-0.05, 0) is 174 Å². The molecular weight excluding hydrogens is 883 g/mol. The van der Waals surface area contributed by atoms with Crippen LogP contribution in [0.5, 0.6) is 0 Å². The third-order valence-electron chi connectivity index (χ3n) is 15.9. The van der Waals surface area contributed by atoms with Gasteiger partial charge in [-0.15, -0.1) is 0 Å². The Morgan fingerprint density at radius 1 is 0.301 bits per heavy atom. The van der Waals surface area contributed by atoms with Crippen LogP contribution < -0.4 is 4.90 Å². The third-order valence-corrected chi connectivity index (χ3v) is 15.9. The predicted molar refractivity (Wildman–Crippen MR) is 305 cm³/mol. The molecule has 1 heterocycles. The summed E-state index contributed by atoms with van der Waals surface area (Å²) >= 11 is 0. The van der Waals surface area contributed by atoms with Crippen LogP contribution in [0.2, 0.25) is 0 Å². The summed E-state index contributed by atoms with van der Waals surface area (Å²) in [5.74, 6) is 0.